The van der Waals surface area contributed by atoms with Gasteiger partial charge in [-0.3, -0.25) is 4.79 Å². The van der Waals surface area contributed by atoms with Gasteiger partial charge >= 0.3 is 0 Å². The normalized spacial score (nSPS) is 15.5. The van der Waals surface area contributed by atoms with E-state index >= 15 is 0 Å². The van der Waals surface area contributed by atoms with E-state index in [1.54, 1.807) is 45.2 Å². The van der Waals surface area contributed by atoms with Crippen molar-refractivity contribution >= 4 is 35.1 Å². The molecule has 33 heavy (non-hydrogen) atoms. The number of nitrogens with zero attached hydrogens (tertiary/aromatic N) is 3. The van der Waals surface area contributed by atoms with Crippen LogP contribution in [0.15, 0.2) is 50.9 Å². The molecule has 10 heteroatoms. The Kier molecular flexibility index (Phi) is 7.34. The Morgan fingerprint density at radius 3 is 2.58 bits per heavy atom. The molecule has 0 spiro atoms. The van der Waals surface area contributed by atoms with Gasteiger partial charge in [-0.2, -0.15) is 0 Å². The Balaban J connectivity index is 1.48. The molecule has 3 aromatic rings. The van der Waals surface area contributed by atoms with Crippen molar-refractivity contribution in [2.75, 3.05) is 38.5 Å². The molecule has 0 aliphatic carbocycles. The van der Waals surface area contributed by atoms with E-state index in [1.165, 1.54) is 11.8 Å². The van der Waals surface area contributed by atoms with Crippen LogP contribution in [0.3, 0.4) is 0 Å². The van der Waals surface area contributed by atoms with Crippen LogP contribution in [-0.2, 0) is 4.79 Å². The van der Waals surface area contributed by atoms with E-state index in [0.29, 0.717) is 45.7 Å². The number of amides is 1. The number of rotatable bonds is 7. The molecule has 1 aromatic heterocycles. The molecule has 0 fully saturated rings. The monoisotopic (exact) mass is 487 g/mol. The van der Waals surface area contributed by atoms with Crippen LogP contribution < -0.4 is 19.1 Å². The SMILES string of the molecule is COc1cc(-c2nnc(SCC(=O)N3CCC(C)Sc4ccccc43)o2)cc(OC)c1OC. The highest BCUT2D eigenvalue weighted by molar-refractivity contribution is 8.00. The summed E-state index contributed by atoms with van der Waals surface area (Å²) in [5, 5.41) is 8.99. The molecule has 1 aliphatic heterocycles. The van der Waals surface area contributed by atoms with Gasteiger partial charge in [0.15, 0.2) is 11.5 Å². The summed E-state index contributed by atoms with van der Waals surface area (Å²) in [5.74, 6) is 1.96. The molecule has 8 nitrogen and oxygen atoms in total. The van der Waals surface area contributed by atoms with Gasteiger partial charge < -0.3 is 23.5 Å². The first-order chi connectivity index (χ1) is 16.0. The summed E-state index contributed by atoms with van der Waals surface area (Å²) < 4.78 is 21.9. The number of benzene rings is 2. The fraction of sp³-hybridized carbons (Fsp3) is 0.348. The molecule has 0 saturated carbocycles. The first-order valence-corrected chi connectivity index (χ1v) is 12.2. The Bertz CT molecular complexity index is 1110. The number of thioether (sulfide) groups is 2. The molecule has 0 saturated heterocycles. The molecular formula is C23H25N3O5S2. The van der Waals surface area contributed by atoms with Gasteiger partial charge in [0.2, 0.25) is 17.5 Å². The van der Waals surface area contributed by atoms with Crippen LogP contribution in [0.2, 0.25) is 0 Å². The van der Waals surface area contributed by atoms with E-state index in [4.69, 9.17) is 18.6 Å². The molecule has 0 radical (unpaired) electrons. The van der Waals surface area contributed by atoms with Gasteiger partial charge in [0.25, 0.3) is 5.22 Å². The van der Waals surface area contributed by atoms with Crippen molar-refractivity contribution in [2.45, 2.75) is 28.7 Å². The number of carbonyl (C=O) groups is 1. The number of ether oxygens (including phenoxy) is 3. The first-order valence-electron chi connectivity index (χ1n) is 10.4. The van der Waals surface area contributed by atoms with Crippen molar-refractivity contribution in [3.63, 3.8) is 0 Å². The lowest BCUT2D eigenvalue weighted by molar-refractivity contribution is -0.116. The van der Waals surface area contributed by atoms with Crippen LogP contribution in [0.25, 0.3) is 11.5 Å². The minimum Gasteiger partial charge on any atom is -0.493 e. The number of carbonyl (C=O) groups excluding carboxylic acids is 1. The van der Waals surface area contributed by atoms with Gasteiger partial charge in [0.05, 0.1) is 32.8 Å². The lowest BCUT2D eigenvalue weighted by atomic mass is 10.2. The fourth-order valence-corrected chi connectivity index (χ4v) is 5.29. The van der Waals surface area contributed by atoms with Gasteiger partial charge in [-0.25, -0.2) is 0 Å². The predicted octanol–water partition coefficient (Wildman–Crippen LogP) is 4.77. The van der Waals surface area contributed by atoms with Gasteiger partial charge in [-0.15, -0.1) is 22.0 Å². The van der Waals surface area contributed by atoms with Gasteiger partial charge in [-0.1, -0.05) is 30.8 Å². The third-order valence-corrected chi connectivity index (χ3v) is 7.22. The molecule has 1 unspecified atom stereocenters. The molecule has 2 heterocycles. The standard InChI is InChI=1S/C23H25N3O5S2/c1-14-9-10-26(16-7-5-6-8-19(16)33-14)20(27)13-32-23-25-24-22(31-23)15-11-17(28-2)21(30-4)18(12-15)29-3/h5-8,11-12,14H,9-10,13H2,1-4H3. The maximum atomic E-state index is 13.1. The molecule has 1 atom stereocenters. The zero-order chi connectivity index (χ0) is 23.4. The Morgan fingerprint density at radius 1 is 1.15 bits per heavy atom. The highest BCUT2D eigenvalue weighted by atomic mass is 32.2. The zero-order valence-electron chi connectivity index (χ0n) is 18.9. The molecule has 1 aliphatic rings. The van der Waals surface area contributed by atoms with Crippen molar-refractivity contribution in [1.29, 1.82) is 0 Å². The van der Waals surface area contributed by atoms with Crippen molar-refractivity contribution < 1.29 is 23.4 Å². The van der Waals surface area contributed by atoms with Crippen LogP contribution in [0.5, 0.6) is 17.2 Å². The molecule has 1 amide bonds. The highest BCUT2D eigenvalue weighted by Gasteiger charge is 2.25. The smallest absolute Gasteiger partial charge is 0.277 e. The second kappa shape index (κ2) is 10.4. The van der Waals surface area contributed by atoms with E-state index in [-0.39, 0.29) is 11.7 Å². The van der Waals surface area contributed by atoms with Crippen molar-refractivity contribution in [2.24, 2.45) is 0 Å². The number of hydrogen-bond acceptors (Lipinski definition) is 9. The lowest BCUT2D eigenvalue weighted by Crippen LogP contribution is -2.33. The average molecular weight is 488 g/mol. The number of para-hydroxylation sites is 1. The summed E-state index contributed by atoms with van der Waals surface area (Å²) in [6.07, 6.45) is 0.932. The maximum absolute atomic E-state index is 13.1. The third kappa shape index (κ3) is 5.06. The quantitative estimate of drug-likeness (QED) is 0.437. The summed E-state index contributed by atoms with van der Waals surface area (Å²) in [6.45, 7) is 2.87. The van der Waals surface area contributed by atoms with Crippen molar-refractivity contribution in [3.8, 4) is 28.7 Å². The average Bonchev–Trinajstić information content (AvgIpc) is 3.24. The van der Waals surface area contributed by atoms with Crippen molar-refractivity contribution in [3.05, 3.63) is 36.4 Å². The molecule has 174 valence electrons. The fourth-order valence-electron chi connectivity index (χ4n) is 3.54. The first kappa shape index (κ1) is 23.3. The van der Waals surface area contributed by atoms with E-state index < -0.39 is 0 Å². The van der Waals surface area contributed by atoms with Gasteiger partial charge in [-0.05, 0) is 30.7 Å². The Labute approximate surface area is 201 Å². The second-order valence-corrected chi connectivity index (χ2v) is 9.71. The van der Waals surface area contributed by atoms with E-state index in [2.05, 4.69) is 23.2 Å². The second-order valence-electron chi connectivity index (χ2n) is 7.31. The predicted molar refractivity (Wildman–Crippen MR) is 129 cm³/mol. The van der Waals surface area contributed by atoms with E-state index in [1.807, 2.05) is 23.1 Å². The molecule has 0 bridgehead atoms. The zero-order valence-corrected chi connectivity index (χ0v) is 20.5. The molecule has 4 rings (SSSR count). The topological polar surface area (TPSA) is 86.9 Å². The molecular weight excluding hydrogens is 462 g/mol. The summed E-state index contributed by atoms with van der Waals surface area (Å²) >= 11 is 3.03. The van der Waals surface area contributed by atoms with Crippen LogP contribution >= 0.6 is 23.5 Å². The van der Waals surface area contributed by atoms with Crippen LogP contribution in [0, 0.1) is 0 Å². The van der Waals surface area contributed by atoms with Crippen LogP contribution in [0.1, 0.15) is 13.3 Å². The number of aromatic nitrogens is 2. The van der Waals surface area contributed by atoms with Crippen molar-refractivity contribution in [1.82, 2.24) is 10.2 Å². The largest absolute Gasteiger partial charge is 0.493 e. The molecule has 0 N–H and O–H groups in total. The number of fused-ring (bicyclic) bond motifs is 1. The number of anilines is 1. The van der Waals surface area contributed by atoms with Crippen LogP contribution in [0.4, 0.5) is 5.69 Å². The lowest BCUT2D eigenvalue weighted by Gasteiger charge is -2.22. The Morgan fingerprint density at radius 2 is 1.88 bits per heavy atom. The van der Waals surface area contributed by atoms with Crippen LogP contribution in [-0.4, -0.2) is 55.0 Å². The Hall–Kier alpha value is -2.85. The van der Waals surface area contributed by atoms with Gasteiger partial charge in [0.1, 0.15) is 0 Å². The number of hydrogen-bond donors (Lipinski definition) is 0. The minimum atomic E-state index is 0.00897. The summed E-state index contributed by atoms with van der Waals surface area (Å²) in [7, 11) is 4.63. The summed E-state index contributed by atoms with van der Waals surface area (Å²) in [4.78, 5) is 16.1. The maximum Gasteiger partial charge on any atom is 0.277 e. The molecule has 2 aromatic carbocycles. The van der Waals surface area contributed by atoms with E-state index in [0.717, 1.165) is 17.0 Å². The van der Waals surface area contributed by atoms with E-state index in [9.17, 15) is 4.79 Å². The van der Waals surface area contributed by atoms with Gasteiger partial charge in [0, 0.05) is 22.3 Å². The summed E-state index contributed by atoms with van der Waals surface area (Å²) in [6, 6.07) is 11.5. The minimum absolute atomic E-state index is 0.00897. The highest BCUT2D eigenvalue weighted by Crippen LogP contribution is 2.41. The summed E-state index contributed by atoms with van der Waals surface area (Å²) in [5.41, 5.74) is 1.59. The third-order valence-electron chi connectivity index (χ3n) is 5.18. The number of methoxy groups -OCH3 is 3.